The molecule has 0 aromatic heterocycles. The molecule has 3 rings (SSSR count). The van der Waals surface area contributed by atoms with Crippen molar-refractivity contribution in [3.8, 4) is 0 Å². The van der Waals surface area contributed by atoms with Crippen LogP contribution in [-0.4, -0.2) is 61.7 Å². The van der Waals surface area contributed by atoms with E-state index in [1.807, 2.05) is 0 Å². The molecular weight excluding hydrogens is 505 g/mol. The molecule has 0 bridgehead atoms. The van der Waals surface area contributed by atoms with Crippen molar-refractivity contribution < 1.29 is 9.53 Å². The lowest BCUT2D eigenvalue weighted by atomic mass is 10.1. The average Bonchev–Trinajstić information content (AvgIpc) is 3.55. The molecule has 0 spiro atoms. The zero-order valence-corrected chi connectivity index (χ0v) is 21.4. The quantitative estimate of drug-likeness (QED) is 0.193. The SMILES string of the molecule is CCNC(=NCc1ccccc1CN1CC(C)OC(C)C1)NCCNC(=O)C1CC1.I. The van der Waals surface area contributed by atoms with E-state index >= 15 is 0 Å². The van der Waals surface area contributed by atoms with E-state index in [0.717, 1.165) is 45.0 Å². The maximum atomic E-state index is 11.7. The molecule has 31 heavy (non-hydrogen) atoms. The predicted octanol–water partition coefficient (Wildman–Crippen LogP) is 2.50. The standard InChI is InChI=1S/C23H37N5O2.HI/c1-4-24-23(26-12-11-25-22(29)19-9-10-19)27-13-20-7-5-6-8-21(20)16-28-14-17(2)30-18(3)15-28;/h5-8,17-19H,4,9-16H2,1-3H3,(H,25,29)(H2,24,26,27);1H. The number of carbonyl (C=O) groups is 1. The zero-order valence-electron chi connectivity index (χ0n) is 19.0. The number of hydrogen-bond donors (Lipinski definition) is 3. The lowest BCUT2D eigenvalue weighted by Gasteiger charge is -2.35. The monoisotopic (exact) mass is 543 g/mol. The molecule has 1 aliphatic heterocycles. The first-order valence-corrected chi connectivity index (χ1v) is 11.3. The summed E-state index contributed by atoms with van der Waals surface area (Å²) in [6.45, 7) is 11.9. The van der Waals surface area contributed by atoms with Gasteiger partial charge in [-0.3, -0.25) is 9.69 Å². The largest absolute Gasteiger partial charge is 0.373 e. The topological polar surface area (TPSA) is 78.0 Å². The Bertz CT molecular complexity index is 716. The van der Waals surface area contributed by atoms with Crippen LogP contribution in [0.25, 0.3) is 0 Å². The number of ether oxygens (including phenoxy) is 1. The Hall–Kier alpha value is -1.39. The van der Waals surface area contributed by atoms with Crippen LogP contribution in [0.1, 0.15) is 44.7 Å². The smallest absolute Gasteiger partial charge is 0.223 e. The summed E-state index contributed by atoms with van der Waals surface area (Å²) in [5.41, 5.74) is 2.55. The van der Waals surface area contributed by atoms with E-state index in [0.29, 0.717) is 19.6 Å². The van der Waals surface area contributed by atoms with Crippen LogP contribution in [0.3, 0.4) is 0 Å². The first-order chi connectivity index (χ1) is 14.5. The molecule has 2 atom stereocenters. The van der Waals surface area contributed by atoms with Crippen molar-refractivity contribution in [2.75, 3.05) is 32.7 Å². The number of aliphatic imine (C=N–C) groups is 1. The summed E-state index contributed by atoms with van der Waals surface area (Å²) in [7, 11) is 0. The Kier molecular flexibility index (Phi) is 11.0. The Labute approximate surface area is 203 Å². The number of carbonyl (C=O) groups excluding carboxylic acids is 1. The number of morpholine rings is 1. The number of guanidine groups is 1. The van der Waals surface area contributed by atoms with Gasteiger partial charge in [-0.1, -0.05) is 24.3 Å². The van der Waals surface area contributed by atoms with Gasteiger partial charge in [0.2, 0.25) is 5.91 Å². The third kappa shape index (κ3) is 8.94. The van der Waals surface area contributed by atoms with E-state index in [4.69, 9.17) is 9.73 Å². The summed E-state index contributed by atoms with van der Waals surface area (Å²) in [6, 6.07) is 8.53. The summed E-state index contributed by atoms with van der Waals surface area (Å²) in [4.78, 5) is 19.0. The second kappa shape index (κ2) is 13.2. The average molecular weight is 543 g/mol. The normalized spacial score (nSPS) is 21.8. The van der Waals surface area contributed by atoms with E-state index in [1.165, 1.54) is 11.1 Å². The van der Waals surface area contributed by atoms with Gasteiger partial charge in [0.15, 0.2) is 5.96 Å². The van der Waals surface area contributed by atoms with Crippen LogP contribution in [-0.2, 0) is 22.6 Å². The van der Waals surface area contributed by atoms with Gasteiger partial charge in [-0.2, -0.15) is 0 Å². The highest BCUT2D eigenvalue weighted by Crippen LogP contribution is 2.28. The van der Waals surface area contributed by atoms with Crippen LogP contribution in [0.15, 0.2) is 29.3 Å². The first kappa shape index (κ1) is 25.9. The summed E-state index contributed by atoms with van der Waals surface area (Å²) in [5, 5.41) is 9.58. The van der Waals surface area contributed by atoms with E-state index in [9.17, 15) is 4.79 Å². The molecule has 1 aromatic carbocycles. The van der Waals surface area contributed by atoms with Gasteiger partial charge in [-0.05, 0) is 44.7 Å². The van der Waals surface area contributed by atoms with Crippen molar-refractivity contribution in [1.82, 2.24) is 20.9 Å². The third-order valence-electron chi connectivity index (χ3n) is 5.42. The minimum Gasteiger partial charge on any atom is -0.373 e. The van der Waals surface area contributed by atoms with Crippen LogP contribution in [0.2, 0.25) is 0 Å². The Morgan fingerprint density at radius 1 is 1.06 bits per heavy atom. The summed E-state index contributed by atoms with van der Waals surface area (Å²) >= 11 is 0. The Morgan fingerprint density at radius 3 is 2.35 bits per heavy atom. The van der Waals surface area contributed by atoms with Gasteiger partial charge in [0.25, 0.3) is 0 Å². The van der Waals surface area contributed by atoms with Crippen LogP contribution >= 0.6 is 24.0 Å². The molecule has 8 heteroatoms. The van der Waals surface area contributed by atoms with Crippen LogP contribution in [0.4, 0.5) is 0 Å². The highest BCUT2D eigenvalue weighted by Gasteiger charge is 2.29. The Morgan fingerprint density at radius 2 is 1.71 bits per heavy atom. The van der Waals surface area contributed by atoms with Gasteiger partial charge in [-0.15, -0.1) is 24.0 Å². The van der Waals surface area contributed by atoms with Gasteiger partial charge in [0, 0.05) is 45.2 Å². The lowest BCUT2D eigenvalue weighted by molar-refractivity contribution is -0.122. The maximum absolute atomic E-state index is 11.7. The molecule has 2 fully saturated rings. The maximum Gasteiger partial charge on any atom is 0.223 e. The van der Waals surface area contributed by atoms with Crippen molar-refractivity contribution in [1.29, 1.82) is 0 Å². The fraction of sp³-hybridized carbons (Fsp3) is 0.652. The van der Waals surface area contributed by atoms with Gasteiger partial charge < -0.3 is 20.7 Å². The zero-order chi connectivity index (χ0) is 21.3. The molecule has 1 saturated carbocycles. The van der Waals surface area contributed by atoms with Gasteiger partial charge in [-0.25, -0.2) is 4.99 Å². The number of halogens is 1. The molecule has 1 aromatic rings. The summed E-state index contributed by atoms with van der Waals surface area (Å²) in [5.74, 6) is 1.21. The van der Waals surface area contributed by atoms with Crippen LogP contribution in [0.5, 0.6) is 0 Å². The van der Waals surface area contributed by atoms with Gasteiger partial charge in [0.1, 0.15) is 0 Å². The summed E-state index contributed by atoms with van der Waals surface area (Å²) in [6.07, 6.45) is 2.60. The first-order valence-electron chi connectivity index (χ1n) is 11.3. The van der Waals surface area contributed by atoms with E-state index in [2.05, 4.69) is 65.9 Å². The van der Waals surface area contributed by atoms with E-state index < -0.39 is 0 Å². The number of amides is 1. The molecule has 1 amide bonds. The molecule has 1 heterocycles. The number of nitrogens with zero attached hydrogens (tertiary/aromatic N) is 2. The Balaban J connectivity index is 0.00000341. The minimum absolute atomic E-state index is 0. The highest BCUT2D eigenvalue weighted by atomic mass is 127. The second-order valence-electron chi connectivity index (χ2n) is 8.41. The van der Waals surface area contributed by atoms with Gasteiger partial charge >= 0.3 is 0 Å². The minimum atomic E-state index is 0. The van der Waals surface area contributed by atoms with Crippen molar-refractivity contribution >= 4 is 35.8 Å². The van der Waals surface area contributed by atoms with E-state index in [1.54, 1.807) is 0 Å². The lowest BCUT2D eigenvalue weighted by Crippen LogP contribution is -2.44. The highest BCUT2D eigenvalue weighted by molar-refractivity contribution is 14.0. The van der Waals surface area contributed by atoms with Crippen LogP contribution in [0, 0.1) is 5.92 Å². The van der Waals surface area contributed by atoms with Crippen molar-refractivity contribution in [3.05, 3.63) is 35.4 Å². The molecule has 1 saturated heterocycles. The molecule has 2 aliphatic rings. The number of benzene rings is 1. The fourth-order valence-corrected chi connectivity index (χ4v) is 3.88. The molecule has 2 unspecified atom stereocenters. The van der Waals surface area contributed by atoms with Crippen molar-refractivity contribution in [3.63, 3.8) is 0 Å². The molecular formula is C23H38IN5O2. The summed E-state index contributed by atoms with van der Waals surface area (Å²) < 4.78 is 5.86. The van der Waals surface area contributed by atoms with Crippen molar-refractivity contribution in [2.24, 2.45) is 10.9 Å². The third-order valence-corrected chi connectivity index (χ3v) is 5.42. The van der Waals surface area contributed by atoms with Gasteiger partial charge in [0.05, 0.1) is 18.8 Å². The molecule has 1 aliphatic carbocycles. The number of nitrogens with one attached hydrogen (secondary N) is 3. The molecule has 3 N–H and O–H groups in total. The number of hydrogen-bond acceptors (Lipinski definition) is 4. The van der Waals surface area contributed by atoms with Crippen LogP contribution < -0.4 is 16.0 Å². The van der Waals surface area contributed by atoms with E-state index in [-0.39, 0.29) is 48.0 Å². The molecule has 174 valence electrons. The molecule has 7 nitrogen and oxygen atoms in total. The predicted molar refractivity (Wildman–Crippen MR) is 136 cm³/mol. The number of rotatable bonds is 9. The second-order valence-corrected chi connectivity index (χ2v) is 8.41. The van der Waals surface area contributed by atoms with Crippen molar-refractivity contribution in [2.45, 2.75) is 58.9 Å². The fourth-order valence-electron chi connectivity index (χ4n) is 3.88. The molecule has 0 radical (unpaired) electrons.